The van der Waals surface area contributed by atoms with Gasteiger partial charge in [0.2, 0.25) is 0 Å². The third-order valence-corrected chi connectivity index (χ3v) is 2.38. The molecule has 1 unspecified atom stereocenters. The topological polar surface area (TPSA) is 46.2 Å². The van der Waals surface area contributed by atoms with Crippen LogP contribution in [0.1, 0.15) is 10.4 Å². The fourth-order valence-electron chi connectivity index (χ4n) is 0.930. The van der Waals surface area contributed by atoms with Gasteiger partial charge in [-0.25, -0.2) is 0 Å². The van der Waals surface area contributed by atoms with Crippen molar-refractivity contribution in [2.45, 2.75) is 3.92 Å². The quantitative estimate of drug-likeness (QED) is 0.519. The standard InChI is InChI=1S/C10H10INO2/c11-9(7-13)6-12-10(14)8-4-2-1-3-5-8/h1-5,7,9H,6H2,(H,12,14). The van der Waals surface area contributed by atoms with Crippen LogP contribution in [0.3, 0.4) is 0 Å². The van der Waals surface area contributed by atoms with E-state index in [2.05, 4.69) is 5.32 Å². The summed E-state index contributed by atoms with van der Waals surface area (Å²) in [7, 11) is 0. The average molecular weight is 303 g/mol. The number of nitrogens with one attached hydrogen (secondary N) is 1. The van der Waals surface area contributed by atoms with E-state index in [1.54, 1.807) is 24.3 Å². The van der Waals surface area contributed by atoms with E-state index in [0.29, 0.717) is 12.1 Å². The lowest BCUT2D eigenvalue weighted by atomic mass is 10.2. The van der Waals surface area contributed by atoms with Gasteiger partial charge in [0.1, 0.15) is 6.29 Å². The van der Waals surface area contributed by atoms with Gasteiger partial charge in [0.15, 0.2) is 0 Å². The van der Waals surface area contributed by atoms with E-state index in [9.17, 15) is 9.59 Å². The van der Waals surface area contributed by atoms with Crippen LogP contribution in [-0.4, -0.2) is 22.7 Å². The Labute approximate surface area is 96.0 Å². The zero-order valence-corrected chi connectivity index (χ0v) is 9.60. The fraction of sp³-hybridized carbons (Fsp3) is 0.200. The highest BCUT2D eigenvalue weighted by molar-refractivity contribution is 14.1. The van der Waals surface area contributed by atoms with E-state index in [1.807, 2.05) is 28.7 Å². The number of hydrogen-bond donors (Lipinski definition) is 1. The fourth-order valence-corrected chi connectivity index (χ4v) is 1.15. The first-order valence-corrected chi connectivity index (χ1v) is 5.41. The minimum Gasteiger partial charge on any atom is -0.351 e. The molecule has 1 amide bonds. The van der Waals surface area contributed by atoms with E-state index in [-0.39, 0.29) is 9.83 Å². The Bertz CT molecular complexity index is 313. The van der Waals surface area contributed by atoms with Crippen molar-refractivity contribution in [2.24, 2.45) is 0 Å². The van der Waals surface area contributed by atoms with Crippen LogP contribution in [-0.2, 0) is 4.79 Å². The first-order valence-electron chi connectivity index (χ1n) is 4.16. The number of rotatable bonds is 4. The molecule has 1 atom stereocenters. The lowest BCUT2D eigenvalue weighted by Crippen LogP contribution is -2.29. The molecule has 1 rings (SSSR count). The van der Waals surface area contributed by atoms with E-state index in [1.165, 1.54) is 0 Å². The molecular formula is C10H10INO2. The van der Waals surface area contributed by atoms with Crippen molar-refractivity contribution >= 4 is 34.8 Å². The summed E-state index contributed by atoms with van der Waals surface area (Å²) in [5.74, 6) is -0.144. The molecular weight excluding hydrogens is 293 g/mol. The summed E-state index contributed by atoms with van der Waals surface area (Å²) in [5.41, 5.74) is 0.613. The van der Waals surface area contributed by atoms with Crippen molar-refractivity contribution in [3.8, 4) is 0 Å². The van der Waals surface area contributed by atoms with Gasteiger partial charge in [-0.2, -0.15) is 0 Å². The van der Waals surface area contributed by atoms with Crippen LogP contribution in [0.25, 0.3) is 0 Å². The minimum atomic E-state index is -0.166. The number of carbonyl (C=O) groups is 2. The van der Waals surface area contributed by atoms with Gasteiger partial charge in [0.25, 0.3) is 5.91 Å². The van der Waals surface area contributed by atoms with Gasteiger partial charge in [-0.1, -0.05) is 40.8 Å². The molecule has 1 N–H and O–H groups in total. The van der Waals surface area contributed by atoms with E-state index in [4.69, 9.17) is 0 Å². The van der Waals surface area contributed by atoms with Crippen molar-refractivity contribution in [3.05, 3.63) is 35.9 Å². The van der Waals surface area contributed by atoms with Crippen LogP contribution >= 0.6 is 22.6 Å². The second-order valence-electron chi connectivity index (χ2n) is 2.73. The first kappa shape index (κ1) is 11.2. The van der Waals surface area contributed by atoms with Crippen LogP contribution < -0.4 is 5.32 Å². The summed E-state index contributed by atoms with van der Waals surface area (Å²) in [4.78, 5) is 21.7. The van der Waals surface area contributed by atoms with Crippen molar-refractivity contribution in [2.75, 3.05) is 6.54 Å². The Morgan fingerprint density at radius 3 is 2.64 bits per heavy atom. The van der Waals surface area contributed by atoms with Crippen LogP contribution in [0, 0.1) is 0 Å². The number of alkyl halides is 1. The molecule has 0 heterocycles. The molecule has 0 bridgehead atoms. The third-order valence-electron chi connectivity index (χ3n) is 1.64. The molecule has 0 aromatic heterocycles. The molecule has 0 aliphatic carbocycles. The lowest BCUT2D eigenvalue weighted by molar-refractivity contribution is -0.107. The third kappa shape index (κ3) is 3.45. The van der Waals surface area contributed by atoms with Gasteiger partial charge in [-0.15, -0.1) is 0 Å². The summed E-state index contributed by atoms with van der Waals surface area (Å²) >= 11 is 1.98. The Hall–Kier alpha value is -0.910. The first-order chi connectivity index (χ1) is 6.74. The van der Waals surface area contributed by atoms with Crippen molar-refractivity contribution in [1.29, 1.82) is 0 Å². The largest absolute Gasteiger partial charge is 0.351 e. The summed E-state index contributed by atoms with van der Waals surface area (Å²) in [6.45, 7) is 0.373. The van der Waals surface area contributed by atoms with Crippen molar-refractivity contribution < 1.29 is 9.59 Å². The monoisotopic (exact) mass is 303 g/mol. The summed E-state index contributed by atoms with van der Waals surface area (Å²) < 4.78 is -0.166. The van der Waals surface area contributed by atoms with Gasteiger partial charge in [0.05, 0.1) is 3.92 Å². The Balaban J connectivity index is 2.47. The summed E-state index contributed by atoms with van der Waals surface area (Å²) in [6, 6.07) is 8.92. The van der Waals surface area contributed by atoms with Gasteiger partial charge >= 0.3 is 0 Å². The van der Waals surface area contributed by atoms with E-state index in [0.717, 1.165) is 6.29 Å². The molecule has 0 saturated carbocycles. The Morgan fingerprint density at radius 1 is 1.43 bits per heavy atom. The predicted octanol–water partition coefficient (Wildman–Crippen LogP) is 1.42. The molecule has 4 heteroatoms. The number of amides is 1. The average Bonchev–Trinajstić information content (AvgIpc) is 2.26. The molecule has 3 nitrogen and oxygen atoms in total. The molecule has 0 spiro atoms. The summed E-state index contributed by atoms with van der Waals surface area (Å²) in [5, 5.41) is 2.67. The van der Waals surface area contributed by atoms with Gasteiger partial charge < -0.3 is 10.1 Å². The smallest absolute Gasteiger partial charge is 0.251 e. The van der Waals surface area contributed by atoms with Crippen LogP contribution in [0.15, 0.2) is 30.3 Å². The molecule has 74 valence electrons. The maximum absolute atomic E-state index is 11.4. The normalized spacial score (nSPS) is 11.8. The minimum absolute atomic E-state index is 0.144. The highest BCUT2D eigenvalue weighted by Crippen LogP contribution is 1.99. The second kappa shape index (κ2) is 5.74. The van der Waals surface area contributed by atoms with Crippen LogP contribution in [0.4, 0.5) is 0 Å². The highest BCUT2D eigenvalue weighted by Gasteiger charge is 2.06. The molecule has 1 aromatic rings. The molecule has 0 saturated heterocycles. The zero-order valence-electron chi connectivity index (χ0n) is 7.44. The SMILES string of the molecule is O=CC(I)CNC(=O)c1ccccc1. The molecule has 0 aliphatic heterocycles. The number of carbonyl (C=O) groups excluding carboxylic acids is 2. The molecule has 0 aliphatic rings. The summed E-state index contributed by atoms with van der Waals surface area (Å²) in [6.07, 6.45) is 0.811. The molecule has 14 heavy (non-hydrogen) atoms. The Kier molecular flexibility index (Phi) is 4.58. The maximum atomic E-state index is 11.4. The van der Waals surface area contributed by atoms with Gasteiger partial charge in [0, 0.05) is 12.1 Å². The van der Waals surface area contributed by atoms with Crippen molar-refractivity contribution in [1.82, 2.24) is 5.32 Å². The van der Waals surface area contributed by atoms with Crippen LogP contribution in [0.2, 0.25) is 0 Å². The molecule has 0 fully saturated rings. The molecule has 0 radical (unpaired) electrons. The number of benzene rings is 1. The maximum Gasteiger partial charge on any atom is 0.251 e. The van der Waals surface area contributed by atoms with E-state index < -0.39 is 0 Å². The Morgan fingerprint density at radius 2 is 2.07 bits per heavy atom. The van der Waals surface area contributed by atoms with Gasteiger partial charge in [-0.3, -0.25) is 4.79 Å². The van der Waals surface area contributed by atoms with Crippen molar-refractivity contribution in [3.63, 3.8) is 0 Å². The number of aldehydes is 1. The number of hydrogen-bond acceptors (Lipinski definition) is 2. The van der Waals surface area contributed by atoms with Crippen LogP contribution in [0.5, 0.6) is 0 Å². The van der Waals surface area contributed by atoms with Gasteiger partial charge in [-0.05, 0) is 12.1 Å². The second-order valence-corrected chi connectivity index (χ2v) is 4.33. The molecule has 1 aromatic carbocycles. The highest BCUT2D eigenvalue weighted by atomic mass is 127. The number of halogens is 1. The predicted molar refractivity (Wildman–Crippen MR) is 62.6 cm³/mol. The van der Waals surface area contributed by atoms with E-state index >= 15 is 0 Å². The zero-order chi connectivity index (χ0) is 10.4. The lowest BCUT2D eigenvalue weighted by Gasteiger charge is -2.05.